The van der Waals surface area contributed by atoms with Crippen LogP contribution >= 0.6 is 0 Å². The van der Waals surface area contributed by atoms with E-state index in [0.717, 1.165) is 17.7 Å². The van der Waals surface area contributed by atoms with Gasteiger partial charge in [-0.3, -0.25) is 0 Å². The first-order valence-corrected chi connectivity index (χ1v) is 3.30. The molecule has 0 bridgehead atoms. The van der Waals surface area contributed by atoms with E-state index in [9.17, 15) is 0 Å². The molecule has 0 amide bonds. The van der Waals surface area contributed by atoms with Gasteiger partial charge in [0.2, 0.25) is 0 Å². The summed E-state index contributed by atoms with van der Waals surface area (Å²) in [6.45, 7) is 3.88. The van der Waals surface area contributed by atoms with Crippen LogP contribution in [0.2, 0.25) is 0 Å². The third kappa shape index (κ3) is 3.80. The molecule has 0 aliphatic carbocycles. The average Bonchev–Trinajstić information content (AvgIpc) is 1.99. The maximum Gasteiger partial charge on any atom is 0.00780 e. The molecule has 1 heteroatoms. The van der Waals surface area contributed by atoms with Crippen LogP contribution in [0.4, 0.5) is 0 Å². The zero-order valence-corrected chi connectivity index (χ0v) is 6.52. The van der Waals surface area contributed by atoms with Gasteiger partial charge in [-0.15, -0.1) is 6.42 Å². The molecule has 0 spiro atoms. The van der Waals surface area contributed by atoms with Gasteiger partial charge in [0.1, 0.15) is 0 Å². The van der Waals surface area contributed by atoms with Crippen molar-refractivity contribution in [1.82, 2.24) is 0 Å². The first-order chi connectivity index (χ1) is 4.70. The van der Waals surface area contributed by atoms with E-state index in [1.807, 2.05) is 26.0 Å². The van der Waals surface area contributed by atoms with Gasteiger partial charge in [0.05, 0.1) is 0 Å². The second-order valence-electron chi connectivity index (χ2n) is 2.09. The van der Waals surface area contributed by atoms with E-state index in [4.69, 9.17) is 12.2 Å². The average molecular weight is 135 g/mol. The molecule has 0 radical (unpaired) electrons. The SMILES string of the molecule is C#C/C(C)=C/C=C(/N)CC. The summed E-state index contributed by atoms with van der Waals surface area (Å²) < 4.78 is 0. The summed E-state index contributed by atoms with van der Waals surface area (Å²) in [4.78, 5) is 0. The number of hydrogen-bond donors (Lipinski definition) is 1. The lowest BCUT2D eigenvalue weighted by Crippen LogP contribution is -1.92. The first kappa shape index (κ1) is 8.84. The summed E-state index contributed by atoms with van der Waals surface area (Å²) in [5.41, 5.74) is 7.28. The fourth-order valence-electron chi connectivity index (χ4n) is 0.398. The third-order valence-electron chi connectivity index (χ3n) is 1.18. The third-order valence-corrected chi connectivity index (χ3v) is 1.18. The molecule has 0 unspecified atom stereocenters. The number of rotatable bonds is 2. The molecule has 0 aliphatic rings. The second-order valence-corrected chi connectivity index (χ2v) is 2.09. The fraction of sp³-hybridized carbons (Fsp3) is 0.333. The van der Waals surface area contributed by atoms with E-state index in [1.54, 1.807) is 0 Å². The van der Waals surface area contributed by atoms with Crippen molar-refractivity contribution in [2.45, 2.75) is 20.3 Å². The smallest absolute Gasteiger partial charge is 0.00780 e. The Kier molecular flexibility index (Phi) is 4.15. The minimum absolute atomic E-state index is 0.856. The lowest BCUT2D eigenvalue weighted by atomic mass is 10.2. The number of nitrogens with two attached hydrogens (primary N) is 1. The summed E-state index contributed by atoms with van der Waals surface area (Å²) in [6, 6.07) is 0. The van der Waals surface area contributed by atoms with Crippen molar-refractivity contribution in [2.75, 3.05) is 0 Å². The van der Waals surface area contributed by atoms with Crippen LogP contribution < -0.4 is 5.73 Å². The van der Waals surface area contributed by atoms with Crippen LogP contribution in [0.5, 0.6) is 0 Å². The minimum Gasteiger partial charge on any atom is -0.402 e. The molecular formula is C9H13N. The fourth-order valence-corrected chi connectivity index (χ4v) is 0.398. The van der Waals surface area contributed by atoms with Crippen molar-refractivity contribution in [1.29, 1.82) is 0 Å². The Morgan fingerprint density at radius 1 is 1.60 bits per heavy atom. The second kappa shape index (κ2) is 4.69. The summed E-state index contributed by atoms with van der Waals surface area (Å²) in [5.74, 6) is 2.51. The molecule has 0 rings (SSSR count). The largest absolute Gasteiger partial charge is 0.402 e. The predicted molar refractivity (Wildman–Crippen MR) is 45.2 cm³/mol. The van der Waals surface area contributed by atoms with Gasteiger partial charge < -0.3 is 5.73 Å². The predicted octanol–water partition coefficient (Wildman–Crippen LogP) is 1.82. The topological polar surface area (TPSA) is 26.0 Å². The monoisotopic (exact) mass is 135 g/mol. The standard InChI is InChI=1S/C9H13N/c1-4-8(3)6-7-9(10)5-2/h1,6-7H,5,10H2,2-3H3/b8-6+,9-7+. The number of allylic oxidation sites excluding steroid dienone is 4. The van der Waals surface area contributed by atoms with Gasteiger partial charge in [0.25, 0.3) is 0 Å². The van der Waals surface area contributed by atoms with Crippen molar-refractivity contribution in [2.24, 2.45) is 5.73 Å². The Morgan fingerprint density at radius 3 is 2.60 bits per heavy atom. The molecule has 0 saturated heterocycles. The molecule has 2 N–H and O–H groups in total. The summed E-state index contributed by atoms with van der Waals surface area (Å²) in [6.07, 6.45) is 9.67. The van der Waals surface area contributed by atoms with Crippen molar-refractivity contribution in [3.63, 3.8) is 0 Å². The highest BCUT2D eigenvalue weighted by Crippen LogP contribution is 1.94. The van der Waals surface area contributed by atoms with Crippen LogP contribution in [-0.2, 0) is 0 Å². The van der Waals surface area contributed by atoms with Crippen LogP contribution in [0.15, 0.2) is 23.4 Å². The van der Waals surface area contributed by atoms with E-state index in [-0.39, 0.29) is 0 Å². The number of hydrogen-bond acceptors (Lipinski definition) is 1. The van der Waals surface area contributed by atoms with Crippen LogP contribution in [0.1, 0.15) is 20.3 Å². The van der Waals surface area contributed by atoms with E-state index in [0.29, 0.717) is 0 Å². The van der Waals surface area contributed by atoms with Crippen molar-refractivity contribution in [3.8, 4) is 12.3 Å². The molecular weight excluding hydrogens is 122 g/mol. The molecule has 10 heavy (non-hydrogen) atoms. The lowest BCUT2D eigenvalue weighted by Gasteiger charge is -1.90. The highest BCUT2D eigenvalue weighted by atomic mass is 14.6. The molecule has 0 aliphatic heterocycles. The highest BCUT2D eigenvalue weighted by Gasteiger charge is 1.80. The zero-order chi connectivity index (χ0) is 7.98. The summed E-state index contributed by atoms with van der Waals surface area (Å²) in [7, 11) is 0. The van der Waals surface area contributed by atoms with E-state index in [1.165, 1.54) is 0 Å². The summed E-state index contributed by atoms with van der Waals surface area (Å²) >= 11 is 0. The van der Waals surface area contributed by atoms with E-state index >= 15 is 0 Å². The molecule has 0 atom stereocenters. The molecule has 0 saturated carbocycles. The summed E-state index contributed by atoms with van der Waals surface area (Å²) in [5, 5.41) is 0. The minimum atomic E-state index is 0.856. The zero-order valence-electron chi connectivity index (χ0n) is 6.52. The lowest BCUT2D eigenvalue weighted by molar-refractivity contribution is 1.07. The quantitative estimate of drug-likeness (QED) is 0.453. The molecule has 54 valence electrons. The van der Waals surface area contributed by atoms with E-state index < -0.39 is 0 Å². The van der Waals surface area contributed by atoms with Crippen LogP contribution in [0, 0.1) is 12.3 Å². The normalized spacial score (nSPS) is 12.9. The van der Waals surface area contributed by atoms with Gasteiger partial charge in [-0.25, -0.2) is 0 Å². The maximum atomic E-state index is 5.52. The Bertz CT molecular complexity index is 191. The van der Waals surface area contributed by atoms with Gasteiger partial charge in [-0.05, 0) is 31.1 Å². The van der Waals surface area contributed by atoms with Gasteiger partial charge in [0, 0.05) is 5.70 Å². The van der Waals surface area contributed by atoms with Gasteiger partial charge >= 0.3 is 0 Å². The molecule has 0 heterocycles. The van der Waals surface area contributed by atoms with Crippen molar-refractivity contribution < 1.29 is 0 Å². The number of terminal acetylenes is 1. The molecule has 0 fully saturated rings. The van der Waals surface area contributed by atoms with E-state index in [2.05, 4.69) is 5.92 Å². The maximum absolute atomic E-state index is 5.52. The van der Waals surface area contributed by atoms with Gasteiger partial charge in [-0.1, -0.05) is 12.8 Å². The van der Waals surface area contributed by atoms with Gasteiger partial charge in [-0.2, -0.15) is 0 Å². The van der Waals surface area contributed by atoms with Crippen molar-refractivity contribution >= 4 is 0 Å². The molecule has 0 aromatic carbocycles. The molecule has 0 aromatic rings. The van der Waals surface area contributed by atoms with Gasteiger partial charge in [0.15, 0.2) is 0 Å². The van der Waals surface area contributed by atoms with Crippen LogP contribution in [0.25, 0.3) is 0 Å². The first-order valence-electron chi connectivity index (χ1n) is 3.30. The molecule has 0 aromatic heterocycles. The van der Waals surface area contributed by atoms with Crippen LogP contribution in [0.3, 0.4) is 0 Å². The Morgan fingerprint density at radius 2 is 2.20 bits per heavy atom. The van der Waals surface area contributed by atoms with Crippen LogP contribution in [-0.4, -0.2) is 0 Å². The Labute approximate surface area is 62.6 Å². The molecule has 1 nitrogen and oxygen atoms in total. The van der Waals surface area contributed by atoms with Crippen molar-refractivity contribution in [3.05, 3.63) is 23.4 Å². The Balaban J connectivity index is 4.07. The Hall–Kier alpha value is -1.16. The highest BCUT2D eigenvalue weighted by molar-refractivity contribution is 5.27.